The second-order valence-electron chi connectivity index (χ2n) is 4.53. The van der Waals surface area contributed by atoms with Crippen molar-refractivity contribution >= 4 is 50.2 Å². The molecule has 0 N–H and O–H groups in total. The van der Waals surface area contributed by atoms with Crippen molar-refractivity contribution < 1.29 is 4.39 Å². The number of hydrogen-bond acceptors (Lipinski definition) is 1. The van der Waals surface area contributed by atoms with Gasteiger partial charge in [0.15, 0.2) is 0 Å². The van der Waals surface area contributed by atoms with Crippen molar-refractivity contribution in [1.82, 2.24) is 9.55 Å². The standard InChI is InChI=1S/C15H10BrCl2FN2/c16-9-1-4-14-13(7-9)20-15(5-6-17)21(14)10-2-3-12(19)11(18)8-10/h1-4,7-8H,5-6H2. The highest BCUT2D eigenvalue weighted by Crippen LogP contribution is 2.27. The summed E-state index contributed by atoms with van der Waals surface area (Å²) in [6, 6.07) is 10.5. The van der Waals surface area contributed by atoms with Crippen molar-refractivity contribution in [2.75, 3.05) is 5.88 Å². The number of aromatic nitrogens is 2. The molecule has 0 radical (unpaired) electrons. The van der Waals surface area contributed by atoms with Gasteiger partial charge in [-0.3, -0.25) is 4.57 Å². The average molecular weight is 388 g/mol. The summed E-state index contributed by atoms with van der Waals surface area (Å²) in [7, 11) is 0. The van der Waals surface area contributed by atoms with Crippen LogP contribution < -0.4 is 0 Å². The van der Waals surface area contributed by atoms with E-state index < -0.39 is 5.82 Å². The van der Waals surface area contributed by atoms with Gasteiger partial charge in [-0.1, -0.05) is 27.5 Å². The molecule has 1 aromatic heterocycles. The Kier molecular flexibility index (Phi) is 4.20. The smallest absolute Gasteiger partial charge is 0.141 e. The Morgan fingerprint density at radius 1 is 1.19 bits per heavy atom. The van der Waals surface area contributed by atoms with Crippen LogP contribution in [-0.4, -0.2) is 15.4 Å². The fourth-order valence-corrected chi connectivity index (χ4v) is 2.96. The Hall–Kier alpha value is -1.10. The molecular weight excluding hydrogens is 378 g/mol. The van der Waals surface area contributed by atoms with Crippen molar-refractivity contribution in [2.45, 2.75) is 6.42 Å². The second kappa shape index (κ2) is 5.95. The highest BCUT2D eigenvalue weighted by Gasteiger charge is 2.13. The first kappa shape index (κ1) is 14.8. The van der Waals surface area contributed by atoms with Gasteiger partial charge in [0.25, 0.3) is 0 Å². The van der Waals surface area contributed by atoms with E-state index in [4.69, 9.17) is 23.2 Å². The molecule has 0 fully saturated rings. The molecule has 1 heterocycles. The summed E-state index contributed by atoms with van der Waals surface area (Å²) in [5.41, 5.74) is 2.55. The number of aryl methyl sites for hydroxylation is 1. The van der Waals surface area contributed by atoms with Crippen molar-refractivity contribution in [3.63, 3.8) is 0 Å². The van der Waals surface area contributed by atoms with Crippen LogP contribution in [0.25, 0.3) is 16.7 Å². The zero-order valence-electron chi connectivity index (χ0n) is 10.8. The molecule has 2 aromatic carbocycles. The summed E-state index contributed by atoms with van der Waals surface area (Å²) in [6.45, 7) is 0. The van der Waals surface area contributed by atoms with E-state index in [2.05, 4.69) is 20.9 Å². The van der Waals surface area contributed by atoms with Crippen molar-refractivity contribution in [1.29, 1.82) is 0 Å². The van der Waals surface area contributed by atoms with Gasteiger partial charge in [-0.15, -0.1) is 11.6 Å². The topological polar surface area (TPSA) is 17.8 Å². The summed E-state index contributed by atoms with van der Waals surface area (Å²) >= 11 is 15.2. The van der Waals surface area contributed by atoms with Gasteiger partial charge >= 0.3 is 0 Å². The van der Waals surface area contributed by atoms with Crippen LogP contribution in [0.1, 0.15) is 5.82 Å². The average Bonchev–Trinajstić information content (AvgIpc) is 2.79. The van der Waals surface area contributed by atoms with Crippen molar-refractivity contribution in [3.05, 3.63) is 57.5 Å². The molecule has 2 nitrogen and oxygen atoms in total. The van der Waals surface area contributed by atoms with E-state index in [1.807, 2.05) is 22.8 Å². The highest BCUT2D eigenvalue weighted by molar-refractivity contribution is 9.10. The summed E-state index contributed by atoms with van der Waals surface area (Å²) in [5, 5.41) is 0.0864. The molecule has 0 saturated carbocycles. The molecule has 0 aliphatic rings. The maximum atomic E-state index is 13.4. The molecule has 0 unspecified atom stereocenters. The first-order chi connectivity index (χ1) is 10.1. The summed E-state index contributed by atoms with van der Waals surface area (Å²) in [6.07, 6.45) is 0.614. The van der Waals surface area contributed by atoms with Gasteiger partial charge in [-0.25, -0.2) is 9.37 Å². The molecule has 3 aromatic rings. The van der Waals surface area contributed by atoms with Crippen LogP contribution >= 0.6 is 39.1 Å². The first-order valence-corrected chi connectivity index (χ1v) is 7.99. The SMILES string of the molecule is Fc1ccc(-n2c(CCCl)nc3cc(Br)ccc32)cc1Cl. The van der Waals surface area contributed by atoms with Gasteiger partial charge in [0.05, 0.1) is 16.1 Å². The van der Waals surface area contributed by atoms with E-state index >= 15 is 0 Å². The van der Waals surface area contributed by atoms with Gasteiger partial charge in [0, 0.05) is 22.5 Å². The number of nitrogens with zero attached hydrogens (tertiary/aromatic N) is 2. The lowest BCUT2D eigenvalue weighted by molar-refractivity contribution is 0.627. The lowest BCUT2D eigenvalue weighted by Crippen LogP contribution is -2.02. The van der Waals surface area contributed by atoms with E-state index in [0.29, 0.717) is 12.3 Å². The Balaban J connectivity index is 2.27. The van der Waals surface area contributed by atoms with Crippen LogP contribution in [0.2, 0.25) is 5.02 Å². The van der Waals surface area contributed by atoms with Gasteiger partial charge in [0.1, 0.15) is 11.6 Å². The molecule has 0 aliphatic carbocycles. The van der Waals surface area contributed by atoms with Crippen LogP contribution in [0.15, 0.2) is 40.9 Å². The van der Waals surface area contributed by atoms with Crippen molar-refractivity contribution in [2.24, 2.45) is 0 Å². The Labute approximate surface area is 139 Å². The Bertz CT molecular complexity index is 817. The summed E-state index contributed by atoms with van der Waals surface area (Å²) in [5.74, 6) is 0.839. The van der Waals surface area contributed by atoms with E-state index in [1.165, 1.54) is 6.07 Å². The summed E-state index contributed by atoms with van der Waals surface area (Å²) in [4.78, 5) is 4.60. The molecular formula is C15H10BrCl2FN2. The third kappa shape index (κ3) is 2.80. The zero-order valence-corrected chi connectivity index (χ0v) is 13.9. The van der Waals surface area contributed by atoms with Crippen LogP contribution in [0.5, 0.6) is 0 Å². The van der Waals surface area contributed by atoms with Crippen molar-refractivity contribution in [3.8, 4) is 5.69 Å². The van der Waals surface area contributed by atoms with Gasteiger partial charge in [0.2, 0.25) is 0 Å². The van der Waals surface area contributed by atoms with Crippen LogP contribution in [0.3, 0.4) is 0 Å². The monoisotopic (exact) mass is 386 g/mol. The predicted octanol–water partition coefficient (Wildman–Crippen LogP) is 5.36. The van der Waals surface area contributed by atoms with Crippen LogP contribution in [0, 0.1) is 5.82 Å². The summed E-state index contributed by atoms with van der Waals surface area (Å²) < 4.78 is 16.3. The first-order valence-electron chi connectivity index (χ1n) is 6.28. The number of halogens is 4. The second-order valence-corrected chi connectivity index (χ2v) is 6.23. The molecule has 0 bridgehead atoms. The molecule has 0 aliphatic heterocycles. The van der Waals surface area contributed by atoms with Gasteiger partial charge in [-0.05, 0) is 36.4 Å². The quantitative estimate of drug-likeness (QED) is 0.553. The third-order valence-corrected chi connectivity index (χ3v) is 4.14. The number of hydrogen-bond donors (Lipinski definition) is 0. The maximum Gasteiger partial charge on any atom is 0.141 e. The fourth-order valence-electron chi connectivity index (χ4n) is 2.27. The maximum absolute atomic E-state index is 13.4. The lowest BCUT2D eigenvalue weighted by Gasteiger charge is -2.09. The number of imidazole rings is 1. The normalized spacial score (nSPS) is 11.2. The van der Waals surface area contributed by atoms with E-state index in [1.54, 1.807) is 12.1 Å². The lowest BCUT2D eigenvalue weighted by atomic mass is 10.2. The minimum atomic E-state index is -0.438. The molecule has 108 valence electrons. The molecule has 6 heteroatoms. The highest BCUT2D eigenvalue weighted by atomic mass is 79.9. The zero-order chi connectivity index (χ0) is 15.0. The Morgan fingerprint density at radius 3 is 2.71 bits per heavy atom. The molecule has 0 amide bonds. The minimum Gasteiger partial charge on any atom is -0.296 e. The molecule has 0 saturated heterocycles. The molecule has 0 atom stereocenters. The number of fused-ring (bicyclic) bond motifs is 1. The van der Waals surface area contributed by atoms with Gasteiger partial charge in [-0.2, -0.15) is 0 Å². The number of rotatable bonds is 3. The van der Waals surface area contributed by atoms with E-state index in [9.17, 15) is 4.39 Å². The van der Waals surface area contributed by atoms with E-state index in [-0.39, 0.29) is 5.02 Å². The molecule has 21 heavy (non-hydrogen) atoms. The van der Waals surface area contributed by atoms with Crippen LogP contribution in [-0.2, 0) is 6.42 Å². The van der Waals surface area contributed by atoms with Gasteiger partial charge < -0.3 is 0 Å². The molecule has 0 spiro atoms. The largest absolute Gasteiger partial charge is 0.296 e. The number of alkyl halides is 1. The molecule has 3 rings (SSSR count). The third-order valence-electron chi connectivity index (χ3n) is 3.17. The Morgan fingerprint density at radius 2 is 2.00 bits per heavy atom. The minimum absolute atomic E-state index is 0.0864. The fraction of sp³-hybridized carbons (Fsp3) is 0.133. The van der Waals surface area contributed by atoms with E-state index in [0.717, 1.165) is 27.0 Å². The predicted molar refractivity (Wildman–Crippen MR) is 88.2 cm³/mol. The number of benzene rings is 2. The van der Waals surface area contributed by atoms with Crippen LogP contribution in [0.4, 0.5) is 4.39 Å².